The summed E-state index contributed by atoms with van der Waals surface area (Å²) in [7, 11) is 1.59. The molecular weight excluding hydrogens is 266 g/mol. The summed E-state index contributed by atoms with van der Waals surface area (Å²) in [4.78, 5) is 11.9. The van der Waals surface area contributed by atoms with Crippen molar-refractivity contribution in [2.45, 2.75) is 12.8 Å². The van der Waals surface area contributed by atoms with Gasteiger partial charge in [0.05, 0.1) is 7.11 Å². The first-order valence-electron chi connectivity index (χ1n) is 6.89. The molecule has 21 heavy (non-hydrogen) atoms. The Morgan fingerprint density at radius 2 is 1.95 bits per heavy atom. The number of rotatable bonds is 6. The normalized spacial score (nSPS) is 10.1. The first-order chi connectivity index (χ1) is 10.2. The van der Waals surface area contributed by atoms with Crippen LogP contribution in [0.4, 0.5) is 0 Å². The van der Waals surface area contributed by atoms with E-state index >= 15 is 0 Å². The van der Waals surface area contributed by atoms with Crippen LogP contribution in [0.25, 0.3) is 0 Å². The summed E-state index contributed by atoms with van der Waals surface area (Å²) in [6.07, 6.45) is 1.64. The van der Waals surface area contributed by atoms with Gasteiger partial charge < -0.3 is 15.2 Å². The molecule has 0 fully saturated rings. The highest BCUT2D eigenvalue weighted by atomic mass is 16.5. The third kappa shape index (κ3) is 4.53. The minimum Gasteiger partial charge on any atom is -0.508 e. The van der Waals surface area contributed by atoms with Gasteiger partial charge in [-0.3, -0.25) is 4.79 Å². The van der Waals surface area contributed by atoms with E-state index in [1.54, 1.807) is 43.5 Å². The van der Waals surface area contributed by atoms with Crippen LogP contribution in [-0.2, 0) is 6.42 Å². The van der Waals surface area contributed by atoms with Crippen molar-refractivity contribution in [3.05, 3.63) is 59.7 Å². The molecule has 4 nitrogen and oxygen atoms in total. The molecule has 4 heteroatoms. The number of phenols is 1. The first-order valence-corrected chi connectivity index (χ1v) is 6.89. The molecule has 110 valence electrons. The number of hydrogen-bond acceptors (Lipinski definition) is 3. The van der Waals surface area contributed by atoms with E-state index in [4.69, 9.17) is 4.74 Å². The van der Waals surface area contributed by atoms with Gasteiger partial charge in [0.15, 0.2) is 0 Å². The summed E-state index contributed by atoms with van der Waals surface area (Å²) in [5.41, 5.74) is 1.68. The van der Waals surface area contributed by atoms with Crippen LogP contribution in [0.3, 0.4) is 0 Å². The molecule has 0 unspecified atom stereocenters. The molecule has 0 spiro atoms. The van der Waals surface area contributed by atoms with E-state index in [1.807, 2.05) is 12.1 Å². The maximum absolute atomic E-state index is 11.9. The predicted octanol–water partition coefficient (Wildman–Crippen LogP) is 2.76. The molecule has 0 saturated heterocycles. The zero-order valence-electron chi connectivity index (χ0n) is 12.0. The van der Waals surface area contributed by atoms with Gasteiger partial charge in [-0.1, -0.05) is 12.1 Å². The number of carbonyl (C=O) groups is 1. The molecule has 0 saturated carbocycles. The van der Waals surface area contributed by atoms with Crippen LogP contribution in [0.5, 0.6) is 11.5 Å². The fourth-order valence-corrected chi connectivity index (χ4v) is 2.05. The van der Waals surface area contributed by atoms with Gasteiger partial charge in [0, 0.05) is 12.1 Å². The number of benzene rings is 2. The summed E-state index contributed by atoms with van der Waals surface area (Å²) in [6, 6.07) is 14.2. The van der Waals surface area contributed by atoms with Crippen molar-refractivity contribution < 1.29 is 14.6 Å². The molecule has 2 N–H and O–H groups in total. The van der Waals surface area contributed by atoms with Crippen molar-refractivity contribution in [3.8, 4) is 11.5 Å². The van der Waals surface area contributed by atoms with Crippen molar-refractivity contribution in [1.29, 1.82) is 0 Å². The monoisotopic (exact) mass is 285 g/mol. The lowest BCUT2D eigenvalue weighted by atomic mass is 10.1. The Labute approximate surface area is 124 Å². The molecule has 0 atom stereocenters. The molecule has 0 heterocycles. The average molecular weight is 285 g/mol. The standard InChI is InChI=1S/C17H19NO3/c1-21-16-9-7-14(8-10-16)17(20)18-11-3-5-13-4-2-6-15(19)12-13/h2,4,6-10,12,19H,3,5,11H2,1H3,(H,18,20). The number of aryl methyl sites for hydroxylation is 1. The van der Waals surface area contributed by atoms with Crippen LogP contribution in [0.15, 0.2) is 48.5 Å². The number of carbonyl (C=O) groups excluding carboxylic acids is 1. The van der Waals surface area contributed by atoms with Crippen LogP contribution in [0.1, 0.15) is 22.3 Å². The number of nitrogens with one attached hydrogen (secondary N) is 1. The predicted molar refractivity (Wildman–Crippen MR) is 81.8 cm³/mol. The second-order valence-electron chi connectivity index (χ2n) is 4.76. The molecule has 0 aliphatic rings. The van der Waals surface area contributed by atoms with Crippen LogP contribution < -0.4 is 10.1 Å². The Bertz CT molecular complexity index is 593. The summed E-state index contributed by atoms with van der Waals surface area (Å²) >= 11 is 0. The summed E-state index contributed by atoms with van der Waals surface area (Å²) in [5.74, 6) is 0.916. The number of amides is 1. The van der Waals surface area contributed by atoms with Crippen LogP contribution in [-0.4, -0.2) is 24.7 Å². The fraction of sp³-hybridized carbons (Fsp3) is 0.235. The van der Waals surface area contributed by atoms with E-state index in [0.717, 1.165) is 24.2 Å². The summed E-state index contributed by atoms with van der Waals surface area (Å²) in [5, 5.41) is 12.2. The second-order valence-corrected chi connectivity index (χ2v) is 4.76. The lowest BCUT2D eigenvalue weighted by Crippen LogP contribution is -2.24. The minimum atomic E-state index is -0.0893. The van der Waals surface area contributed by atoms with Crippen molar-refractivity contribution >= 4 is 5.91 Å². The molecule has 0 bridgehead atoms. The summed E-state index contributed by atoms with van der Waals surface area (Å²) in [6.45, 7) is 0.598. The average Bonchev–Trinajstić information content (AvgIpc) is 2.51. The zero-order chi connectivity index (χ0) is 15.1. The lowest BCUT2D eigenvalue weighted by Gasteiger charge is -2.06. The van der Waals surface area contributed by atoms with Crippen LogP contribution >= 0.6 is 0 Å². The zero-order valence-corrected chi connectivity index (χ0v) is 12.0. The van der Waals surface area contributed by atoms with Crippen molar-refractivity contribution in [2.24, 2.45) is 0 Å². The maximum atomic E-state index is 11.9. The van der Waals surface area contributed by atoms with Crippen LogP contribution in [0, 0.1) is 0 Å². The quantitative estimate of drug-likeness (QED) is 0.802. The second kappa shape index (κ2) is 7.33. The molecule has 1 amide bonds. The smallest absolute Gasteiger partial charge is 0.251 e. The number of aromatic hydroxyl groups is 1. The van der Waals surface area contributed by atoms with Gasteiger partial charge in [0.1, 0.15) is 11.5 Å². The van der Waals surface area contributed by atoms with E-state index in [9.17, 15) is 9.90 Å². The lowest BCUT2D eigenvalue weighted by molar-refractivity contribution is 0.0953. The molecule has 0 aliphatic carbocycles. The number of ether oxygens (including phenoxy) is 1. The van der Waals surface area contributed by atoms with Crippen LogP contribution in [0.2, 0.25) is 0 Å². The Morgan fingerprint density at radius 3 is 2.62 bits per heavy atom. The van der Waals surface area contributed by atoms with Gasteiger partial charge in [-0.2, -0.15) is 0 Å². The van der Waals surface area contributed by atoms with Crippen molar-refractivity contribution in [1.82, 2.24) is 5.32 Å². The third-order valence-electron chi connectivity index (χ3n) is 3.19. The topological polar surface area (TPSA) is 58.6 Å². The Morgan fingerprint density at radius 1 is 1.19 bits per heavy atom. The van der Waals surface area contributed by atoms with Gasteiger partial charge in [-0.05, 0) is 54.8 Å². The number of hydrogen-bond donors (Lipinski definition) is 2. The largest absolute Gasteiger partial charge is 0.508 e. The highest BCUT2D eigenvalue weighted by Crippen LogP contribution is 2.13. The molecule has 2 rings (SSSR count). The first kappa shape index (κ1) is 14.9. The van der Waals surface area contributed by atoms with E-state index < -0.39 is 0 Å². The van der Waals surface area contributed by atoms with Gasteiger partial charge in [-0.25, -0.2) is 0 Å². The third-order valence-corrected chi connectivity index (χ3v) is 3.19. The minimum absolute atomic E-state index is 0.0893. The van der Waals surface area contributed by atoms with Crippen molar-refractivity contribution in [2.75, 3.05) is 13.7 Å². The molecule has 2 aromatic rings. The Kier molecular flexibility index (Phi) is 5.21. The molecule has 2 aromatic carbocycles. The SMILES string of the molecule is COc1ccc(C(=O)NCCCc2cccc(O)c2)cc1. The highest BCUT2D eigenvalue weighted by Gasteiger charge is 2.04. The van der Waals surface area contributed by atoms with Gasteiger partial charge in [0.25, 0.3) is 5.91 Å². The van der Waals surface area contributed by atoms with E-state index in [1.165, 1.54) is 0 Å². The van der Waals surface area contributed by atoms with Crippen molar-refractivity contribution in [3.63, 3.8) is 0 Å². The fourth-order valence-electron chi connectivity index (χ4n) is 2.05. The molecule has 0 aliphatic heterocycles. The Hall–Kier alpha value is -2.49. The van der Waals surface area contributed by atoms with E-state index in [0.29, 0.717) is 12.1 Å². The highest BCUT2D eigenvalue weighted by molar-refractivity contribution is 5.94. The van der Waals surface area contributed by atoms with Gasteiger partial charge in [0.2, 0.25) is 0 Å². The van der Waals surface area contributed by atoms with E-state index in [2.05, 4.69) is 5.32 Å². The number of phenolic OH excluding ortho intramolecular Hbond substituents is 1. The van der Waals surface area contributed by atoms with Gasteiger partial charge >= 0.3 is 0 Å². The molecule has 0 aromatic heterocycles. The molecular formula is C17H19NO3. The van der Waals surface area contributed by atoms with E-state index in [-0.39, 0.29) is 11.7 Å². The Balaban J connectivity index is 1.76. The summed E-state index contributed by atoms with van der Waals surface area (Å²) < 4.78 is 5.05. The maximum Gasteiger partial charge on any atom is 0.251 e. The molecule has 0 radical (unpaired) electrons. The number of methoxy groups -OCH3 is 1. The van der Waals surface area contributed by atoms with Gasteiger partial charge in [-0.15, -0.1) is 0 Å².